The standard InChI is InChI=1S/C19H14ClN7O3/c1-2-26-12-7-9(8-27-18(28)10-5-3-4-6-11(10)19(27)29)22-15(20)13(12)23-17(26)14-16(21)25-30-24-14/h3-7H,2,8H2,1H3,(H2,21,25). The summed E-state index contributed by atoms with van der Waals surface area (Å²) in [6, 6.07) is 8.46. The van der Waals surface area contributed by atoms with E-state index in [2.05, 4.69) is 24.9 Å². The molecular formula is C19H14ClN7O3. The summed E-state index contributed by atoms with van der Waals surface area (Å²) in [4.78, 5) is 35.3. The van der Waals surface area contributed by atoms with Gasteiger partial charge in [0.15, 0.2) is 22.5 Å². The number of carbonyl (C=O) groups excluding carboxylic acids is 2. The molecule has 0 spiro atoms. The zero-order valence-electron chi connectivity index (χ0n) is 15.7. The van der Waals surface area contributed by atoms with Crippen LogP contribution in [0.1, 0.15) is 33.3 Å². The summed E-state index contributed by atoms with van der Waals surface area (Å²) in [5, 5.41) is 7.55. The van der Waals surface area contributed by atoms with Crippen LogP contribution in [0.2, 0.25) is 5.15 Å². The number of nitrogen functional groups attached to an aromatic ring is 1. The Morgan fingerprint density at radius 2 is 1.80 bits per heavy atom. The number of rotatable bonds is 4. The lowest BCUT2D eigenvalue weighted by Gasteiger charge is -2.14. The lowest BCUT2D eigenvalue weighted by Crippen LogP contribution is -2.29. The van der Waals surface area contributed by atoms with Crippen LogP contribution < -0.4 is 5.73 Å². The minimum Gasteiger partial charge on any atom is -0.379 e. The Labute approximate surface area is 174 Å². The molecule has 0 unspecified atom stereocenters. The van der Waals surface area contributed by atoms with Crippen molar-refractivity contribution in [2.45, 2.75) is 20.0 Å². The average molecular weight is 424 g/mol. The van der Waals surface area contributed by atoms with Crippen LogP contribution in [0.4, 0.5) is 5.82 Å². The number of hydrogen-bond acceptors (Lipinski definition) is 8. The van der Waals surface area contributed by atoms with Crippen molar-refractivity contribution in [3.63, 3.8) is 0 Å². The lowest BCUT2D eigenvalue weighted by atomic mass is 10.1. The number of aryl methyl sites for hydroxylation is 1. The fraction of sp³-hybridized carbons (Fsp3) is 0.158. The van der Waals surface area contributed by atoms with Crippen LogP contribution in [0.3, 0.4) is 0 Å². The molecular weight excluding hydrogens is 410 g/mol. The Morgan fingerprint density at radius 1 is 1.10 bits per heavy atom. The zero-order chi connectivity index (χ0) is 21.0. The number of amides is 2. The molecule has 10 nitrogen and oxygen atoms in total. The molecule has 1 aromatic carbocycles. The summed E-state index contributed by atoms with van der Waals surface area (Å²) in [6.45, 7) is 2.44. The van der Waals surface area contributed by atoms with Crippen molar-refractivity contribution in [2.75, 3.05) is 5.73 Å². The van der Waals surface area contributed by atoms with Crippen molar-refractivity contribution in [3.05, 3.63) is 52.3 Å². The van der Waals surface area contributed by atoms with E-state index in [1.165, 1.54) is 0 Å². The first kappa shape index (κ1) is 18.3. The molecule has 0 fully saturated rings. The number of halogens is 1. The Morgan fingerprint density at radius 3 is 2.40 bits per heavy atom. The molecule has 3 aromatic heterocycles. The van der Waals surface area contributed by atoms with Crippen LogP contribution in [-0.2, 0) is 13.1 Å². The second-order valence-corrected chi connectivity index (χ2v) is 7.05. The highest BCUT2D eigenvalue weighted by Gasteiger charge is 2.35. The number of anilines is 1. The lowest BCUT2D eigenvalue weighted by molar-refractivity contribution is 0.0640. The third-order valence-electron chi connectivity index (χ3n) is 4.99. The second kappa shape index (κ2) is 6.63. The van der Waals surface area contributed by atoms with Gasteiger partial charge in [-0.2, -0.15) is 0 Å². The van der Waals surface area contributed by atoms with Crippen LogP contribution in [0.5, 0.6) is 0 Å². The SMILES string of the molecule is CCn1c(-c2nonc2N)nc2c(Cl)nc(CN3C(=O)c4ccccc4C3=O)cc21. The molecule has 1 aliphatic rings. The zero-order valence-corrected chi connectivity index (χ0v) is 16.4. The molecule has 4 heterocycles. The second-order valence-electron chi connectivity index (χ2n) is 6.69. The largest absolute Gasteiger partial charge is 0.379 e. The van der Waals surface area contributed by atoms with Gasteiger partial charge in [-0.05, 0) is 35.4 Å². The number of fused-ring (bicyclic) bond motifs is 2. The number of nitrogens with two attached hydrogens (primary N) is 1. The molecule has 5 rings (SSSR count). The van der Waals surface area contributed by atoms with Crippen molar-refractivity contribution in [2.24, 2.45) is 0 Å². The molecule has 2 amide bonds. The van der Waals surface area contributed by atoms with Crippen molar-refractivity contribution in [1.82, 2.24) is 29.7 Å². The number of imidazole rings is 1. The van der Waals surface area contributed by atoms with E-state index in [-0.39, 0.29) is 29.3 Å². The highest BCUT2D eigenvalue weighted by atomic mass is 35.5. The summed E-state index contributed by atoms with van der Waals surface area (Å²) >= 11 is 6.39. The van der Waals surface area contributed by atoms with Crippen LogP contribution in [0, 0.1) is 0 Å². The monoisotopic (exact) mass is 423 g/mol. The molecule has 30 heavy (non-hydrogen) atoms. The fourth-order valence-electron chi connectivity index (χ4n) is 3.61. The van der Waals surface area contributed by atoms with Gasteiger partial charge in [0.2, 0.25) is 0 Å². The molecule has 11 heteroatoms. The molecule has 0 radical (unpaired) electrons. The molecule has 0 bridgehead atoms. The van der Waals surface area contributed by atoms with Crippen molar-refractivity contribution in [1.29, 1.82) is 0 Å². The van der Waals surface area contributed by atoms with Gasteiger partial charge in [-0.3, -0.25) is 14.5 Å². The Hall–Kier alpha value is -3.79. The van der Waals surface area contributed by atoms with Crippen molar-refractivity contribution >= 4 is 40.3 Å². The normalized spacial score (nSPS) is 13.5. The van der Waals surface area contributed by atoms with Crippen LogP contribution in [-0.4, -0.2) is 41.6 Å². The molecule has 2 N–H and O–H groups in total. The third-order valence-corrected chi connectivity index (χ3v) is 5.25. The predicted octanol–water partition coefficient (Wildman–Crippen LogP) is 2.53. The molecule has 4 aromatic rings. The van der Waals surface area contributed by atoms with Gasteiger partial charge in [-0.1, -0.05) is 23.7 Å². The third kappa shape index (κ3) is 2.57. The number of aromatic nitrogens is 5. The van der Waals surface area contributed by atoms with Crippen molar-refractivity contribution in [3.8, 4) is 11.5 Å². The highest BCUT2D eigenvalue weighted by molar-refractivity contribution is 6.33. The molecule has 150 valence electrons. The first-order valence-corrected chi connectivity index (χ1v) is 9.46. The smallest absolute Gasteiger partial charge is 0.261 e. The van der Waals surface area contributed by atoms with Gasteiger partial charge in [0.25, 0.3) is 11.8 Å². The van der Waals surface area contributed by atoms with E-state index in [1.54, 1.807) is 30.3 Å². The van der Waals surface area contributed by atoms with Gasteiger partial charge in [-0.15, -0.1) is 0 Å². The number of pyridine rings is 1. The Kier molecular flexibility index (Phi) is 4.03. The van der Waals surface area contributed by atoms with E-state index < -0.39 is 0 Å². The number of benzene rings is 1. The summed E-state index contributed by atoms with van der Waals surface area (Å²) < 4.78 is 6.52. The van der Waals surface area contributed by atoms with Gasteiger partial charge in [0.05, 0.1) is 28.9 Å². The van der Waals surface area contributed by atoms with Gasteiger partial charge in [0, 0.05) is 6.54 Å². The van der Waals surface area contributed by atoms with E-state index in [9.17, 15) is 9.59 Å². The maximum atomic E-state index is 12.7. The molecule has 0 atom stereocenters. The fourth-order valence-corrected chi connectivity index (χ4v) is 3.86. The van der Waals surface area contributed by atoms with E-state index in [1.807, 2.05) is 11.5 Å². The first-order chi connectivity index (χ1) is 14.5. The predicted molar refractivity (Wildman–Crippen MR) is 107 cm³/mol. The molecule has 0 saturated carbocycles. The van der Waals surface area contributed by atoms with Crippen molar-refractivity contribution < 1.29 is 14.2 Å². The molecule has 1 aliphatic heterocycles. The van der Waals surface area contributed by atoms with E-state index >= 15 is 0 Å². The van der Waals surface area contributed by atoms with Gasteiger partial charge < -0.3 is 10.3 Å². The maximum absolute atomic E-state index is 12.7. The molecule has 0 aliphatic carbocycles. The van der Waals surface area contributed by atoms with E-state index in [0.717, 1.165) is 4.90 Å². The maximum Gasteiger partial charge on any atom is 0.261 e. The summed E-state index contributed by atoms with van der Waals surface area (Å²) in [7, 11) is 0. The summed E-state index contributed by atoms with van der Waals surface area (Å²) in [5.74, 6) is -0.178. The van der Waals surface area contributed by atoms with E-state index in [4.69, 9.17) is 17.3 Å². The number of carbonyl (C=O) groups is 2. The van der Waals surface area contributed by atoms with Crippen LogP contribution in [0.15, 0.2) is 35.0 Å². The Balaban J connectivity index is 1.58. The quantitative estimate of drug-likeness (QED) is 0.391. The van der Waals surface area contributed by atoms with Gasteiger partial charge in [-0.25, -0.2) is 14.6 Å². The first-order valence-electron chi connectivity index (χ1n) is 9.08. The van der Waals surface area contributed by atoms with Gasteiger partial charge in [0.1, 0.15) is 5.52 Å². The Bertz CT molecular complexity index is 1310. The number of hydrogen-bond donors (Lipinski definition) is 1. The minimum absolute atomic E-state index is 0.0140. The number of imide groups is 1. The van der Waals surface area contributed by atoms with Crippen LogP contribution in [0.25, 0.3) is 22.6 Å². The number of nitrogens with zero attached hydrogens (tertiary/aromatic N) is 6. The summed E-state index contributed by atoms with van der Waals surface area (Å²) in [5.41, 5.74) is 8.44. The summed E-state index contributed by atoms with van der Waals surface area (Å²) in [6.07, 6.45) is 0. The van der Waals surface area contributed by atoms with Gasteiger partial charge >= 0.3 is 0 Å². The molecule has 0 saturated heterocycles. The van der Waals surface area contributed by atoms with E-state index in [0.29, 0.717) is 45.9 Å². The minimum atomic E-state index is -0.361. The van der Waals surface area contributed by atoms with Crippen LogP contribution >= 0.6 is 11.6 Å². The highest BCUT2D eigenvalue weighted by Crippen LogP contribution is 2.31. The topological polar surface area (TPSA) is 133 Å². The average Bonchev–Trinajstić information content (AvgIpc) is 3.39.